The molecule has 2 amide bonds. The zero-order valence-electron chi connectivity index (χ0n) is 19.0. The number of methoxy groups -OCH3 is 1. The van der Waals surface area contributed by atoms with Crippen LogP contribution in [0.3, 0.4) is 0 Å². The number of nitrogens with zero attached hydrogens (tertiary/aromatic N) is 2. The Hall–Kier alpha value is -3.26. The first-order valence-corrected chi connectivity index (χ1v) is 12.0. The molecule has 0 aliphatic carbocycles. The summed E-state index contributed by atoms with van der Waals surface area (Å²) in [4.78, 5) is 25.6. The van der Waals surface area contributed by atoms with Gasteiger partial charge >= 0.3 is 0 Å². The second-order valence-corrected chi connectivity index (χ2v) is 8.73. The molecule has 3 rings (SSSR count). The maximum atomic E-state index is 13.1. The predicted molar refractivity (Wildman–Crippen MR) is 131 cm³/mol. The van der Waals surface area contributed by atoms with Gasteiger partial charge in [-0.2, -0.15) is 0 Å². The molecule has 0 aliphatic rings. The summed E-state index contributed by atoms with van der Waals surface area (Å²) < 4.78 is 5.26. The molecule has 1 heterocycles. The monoisotopic (exact) mass is 466 g/mol. The first-order valence-electron chi connectivity index (χ1n) is 11.2. The summed E-state index contributed by atoms with van der Waals surface area (Å²) in [5, 5.41) is 15.1. The molecule has 174 valence electrons. The Bertz CT molecular complexity index is 1040. The van der Waals surface area contributed by atoms with Crippen LogP contribution in [0.25, 0.3) is 10.6 Å². The Balaban J connectivity index is 1.67. The number of benzene rings is 2. The fraction of sp³-hybridized carbons (Fsp3) is 0.360. The van der Waals surface area contributed by atoms with Crippen LogP contribution < -0.4 is 15.4 Å². The van der Waals surface area contributed by atoms with Crippen molar-refractivity contribution in [2.24, 2.45) is 0 Å². The average molecular weight is 467 g/mol. The number of unbranched alkanes of at least 4 members (excludes halogenated alkanes) is 3. The quantitative estimate of drug-likeness (QED) is 0.372. The highest BCUT2D eigenvalue weighted by Crippen LogP contribution is 2.28. The highest BCUT2D eigenvalue weighted by atomic mass is 32.1. The first-order chi connectivity index (χ1) is 16.1. The predicted octanol–water partition coefficient (Wildman–Crippen LogP) is 4.85. The van der Waals surface area contributed by atoms with Crippen LogP contribution in [-0.2, 0) is 16.0 Å². The van der Waals surface area contributed by atoms with Gasteiger partial charge in [0.05, 0.1) is 7.11 Å². The Morgan fingerprint density at radius 3 is 2.61 bits per heavy atom. The molecule has 8 heteroatoms. The van der Waals surface area contributed by atoms with Gasteiger partial charge in [0.25, 0.3) is 0 Å². The van der Waals surface area contributed by atoms with Gasteiger partial charge in [-0.25, -0.2) is 0 Å². The summed E-state index contributed by atoms with van der Waals surface area (Å²) in [5.74, 6) is 0.295. The molecule has 2 N–H and O–H groups in total. The van der Waals surface area contributed by atoms with E-state index in [9.17, 15) is 9.59 Å². The maximum absolute atomic E-state index is 13.1. The molecular weight excluding hydrogens is 436 g/mol. The lowest BCUT2D eigenvalue weighted by Crippen LogP contribution is -2.45. The number of aromatic nitrogens is 2. The van der Waals surface area contributed by atoms with Gasteiger partial charge in [-0.15, -0.1) is 10.2 Å². The molecule has 0 bridgehead atoms. The first kappa shape index (κ1) is 24.4. The van der Waals surface area contributed by atoms with Crippen molar-refractivity contribution in [3.05, 3.63) is 60.2 Å². The zero-order valence-corrected chi connectivity index (χ0v) is 19.9. The van der Waals surface area contributed by atoms with E-state index in [0.29, 0.717) is 23.0 Å². The Labute approximate surface area is 198 Å². The number of hydrogen-bond donors (Lipinski definition) is 2. The summed E-state index contributed by atoms with van der Waals surface area (Å²) in [6.45, 7) is 2.13. The van der Waals surface area contributed by atoms with Crippen molar-refractivity contribution >= 4 is 28.3 Å². The van der Waals surface area contributed by atoms with Gasteiger partial charge < -0.3 is 10.1 Å². The normalized spacial score (nSPS) is 11.6. The SMILES string of the molecule is CCCCCCC(=O)NC(Cc1ccccc1)C(=O)Nc1nnc(-c2cccc(OC)c2)s1. The second kappa shape index (κ2) is 12.7. The van der Waals surface area contributed by atoms with Gasteiger partial charge in [0, 0.05) is 18.4 Å². The number of carbonyl (C=O) groups excluding carboxylic acids is 2. The number of carbonyl (C=O) groups is 2. The number of hydrogen-bond acceptors (Lipinski definition) is 6. The molecule has 0 fully saturated rings. The van der Waals surface area contributed by atoms with Crippen molar-refractivity contribution in [2.45, 2.75) is 51.5 Å². The standard InChI is InChI=1S/C25H30N4O3S/c1-3-4-5-9-15-22(30)26-21(16-18-11-7-6-8-12-18)23(31)27-25-29-28-24(33-25)19-13-10-14-20(17-19)32-2/h6-8,10-14,17,21H,3-5,9,15-16H2,1-2H3,(H,26,30)(H,27,29,31). The van der Waals surface area contributed by atoms with Crippen LogP contribution in [-0.4, -0.2) is 35.2 Å². The largest absolute Gasteiger partial charge is 0.497 e. The summed E-state index contributed by atoms with van der Waals surface area (Å²) in [7, 11) is 1.61. The van der Waals surface area contributed by atoms with Gasteiger partial charge in [0.1, 0.15) is 16.8 Å². The minimum Gasteiger partial charge on any atom is -0.497 e. The lowest BCUT2D eigenvalue weighted by atomic mass is 10.0. The number of amides is 2. The van der Waals surface area contributed by atoms with Crippen molar-refractivity contribution < 1.29 is 14.3 Å². The van der Waals surface area contributed by atoms with E-state index in [0.717, 1.165) is 42.6 Å². The van der Waals surface area contributed by atoms with E-state index in [-0.39, 0.29) is 11.8 Å². The lowest BCUT2D eigenvalue weighted by Gasteiger charge is -2.18. The van der Waals surface area contributed by atoms with Crippen LogP contribution in [0.5, 0.6) is 5.75 Å². The zero-order chi connectivity index (χ0) is 23.5. The van der Waals surface area contributed by atoms with E-state index in [1.165, 1.54) is 11.3 Å². The minimum absolute atomic E-state index is 0.114. The van der Waals surface area contributed by atoms with Gasteiger partial charge in [-0.3, -0.25) is 14.9 Å². The maximum Gasteiger partial charge on any atom is 0.249 e. The Morgan fingerprint density at radius 1 is 1.03 bits per heavy atom. The molecule has 0 saturated carbocycles. The van der Waals surface area contributed by atoms with Crippen molar-refractivity contribution in [2.75, 3.05) is 12.4 Å². The van der Waals surface area contributed by atoms with Gasteiger partial charge in [0.2, 0.25) is 16.9 Å². The minimum atomic E-state index is -0.699. The highest BCUT2D eigenvalue weighted by molar-refractivity contribution is 7.18. The van der Waals surface area contributed by atoms with Crippen molar-refractivity contribution in [1.82, 2.24) is 15.5 Å². The van der Waals surface area contributed by atoms with Crippen LogP contribution in [0.2, 0.25) is 0 Å². The van der Waals surface area contributed by atoms with E-state index in [1.807, 2.05) is 54.6 Å². The van der Waals surface area contributed by atoms with Crippen LogP contribution in [0.4, 0.5) is 5.13 Å². The fourth-order valence-corrected chi connectivity index (χ4v) is 4.12. The fourth-order valence-electron chi connectivity index (χ4n) is 3.38. The third-order valence-corrected chi connectivity index (χ3v) is 6.05. The average Bonchev–Trinajstić information content (AvgIpc) is 3.30. The third-order valence-electron chi connectivity index (χ3n) is 5.16. The van der Waals surface area contributed by atoms with E-state index in [1.54, 1.807) is 7.11 Å². The number of ether oxygens (including phenoxy) is 1. The highest BCUT2D eigenvalue weighted by Gasteiger charge is 2.22. The molecule has 1 unspecified atom stereocenters. The number of rotatable bonds is 12. The summed E-state index contributed by atoms with van der Waals surface area (Å²) in [5.41, 5.74) is 1.83. The van der Waals surface area contributed by atoms with Gasteiger partial charge in [0.15, 0.2) is 0 Å². The molecular formula is C25H30N4O3S. The molecule has 1 aromatic heterocycles. The van der Waals surface area contributed by atoms with Gasteiger partial charge in [-0.1, -0.05) is 80.0 Å². The number of anilines is 1. The molecule has 33 heavy (non-hydrogen) atoms. The van der Waals surface area contributed by atoms with Crippen molar-refractivity contribution in [3.8, 4) is 16.3 Å². The van der Waals surface area contributed by atoms with E-state index < -0.39 is 6.04 Å². The molecule has 0 radical (unpaired) electrons. The molecule has 1 atom stereocenters. The lowest BCUT2D eigenvalue weighted by molar-refractivity contribution is -0.126. The van der Waals surface area contributed by atoms with Crippen molar-refractivity contribution in [1.29, 1.82) is 0 Å². The van der Waals surface area contributed by atoms with Gasteiger partial charge in [-0.05, 0) is 24.1 Å². The smallest absolute Gasteiger partial charge is 0.249 e. The third kappa shape index (κ3) is 7.68. The molecule has 0 spiro atoms. The molecule has 0 aliphatic heterocycles. The number of nitrogens with one attached hydrogen (secondary N) is 2. The van der Waals surface area contributed by atoms with Crippen molar-refractivity contribution in [3.63, 3.8) is 0 Å². The van der Waals surface area contributed by atoms with E-state index in [2.05, 4.69) is 27.8 Å². The second-order valence-electron chi connectivity index (χ2n) is 7.75. The Kier molecular flexibility index (Phi) is 9.38. The summed E-state index contributed by atoms with van der Waals surface area (Å²) in [6.07, 6.45) is 4.86. The molecule has 0 saturated heterocycles. The van der Waals surface area contributed by atoms with E-state index >= 15 is 0 Å². The Morgan fingerprint density at radius 2 is 1.85 bits per heavy atom. The molecule has 2 aromatic carbocycles. The van der Waals surface area contributed by atoms with Crippen LogP contribution in [0.1, 0.15) is 44.6 Å². The topological polar surface area (TPSA) is 93.2 Å². The molecule has 7 nitrogen and oxygen atoms in total. The van der Waals surface area contributed by atoms with Crippen LogP contribution in [0.15, 0.2) is 54.6 Å². The van der Waals surface area contributed by atoms with E-state index in [4.69, 9.17) is 4.74 Å². The summed E-state index contributed by atoms with van der Waals surface area (Å²) in [6, 6.07) is 16.5. The van der Waals surface area contributed by atoms with Crippen LogP contribution >= 0.6 is 11.3 Å². The summed E-state index contributed by atoms with van der Waals surface area (Å²) >= 11 is 1.27. The van der Waals surface area contributed by atoms with Crippen LogP contribution in [0, 0.1) is 0 Å². The molecule has 3 aromatic rings.